The van der Waals surface area contributed by atoms with Gasteiger partial charge in [0, 0.05) is 5.56 Å². The van der Waals surface area contributed by atoms with Crippen LogP contribution in [0, 0.1) is 12.7 Å². The van der Waals surface area contributed by atoms with Crippen LogP contribution >= 0.6 is 0 Å². The van der Waals surface area contributed by atoms with Crippen molar-refractivity contribution in [2.75, 3.05) is 0 Å². The van der Waals surface area contributed by atoms with E-state index in [2.05, 4.69) is 10.1 Å². The number of rotatable bonds is 4. The standard InChI is InChI=1S/C16H11F4N3O3/c1-8-21-13(26-22-8)7-23-12(16(18,19)20)6-11(14(23)15(24)25)9-2-4-10(17)5-3-9/h2-6H,7H2,1H3,(H,24,25). The van der Waals surface area contributed by atoms with Gasteiger partial charge in [-0.1, -0.05) is 17.3 Å². The Kier molecular flexibility index (Phi) is 4.26. The molecule has 0 saturated heterocycles. The SMILES string of the molecule is Cc1noc(Cn2c(C(F)(F)F)cc(-c3ccc(F)cc3)c2C(=O)O)n1. The smallest absolute Gasteiger partial charge is 0.431 e. The molecule has 0 aliphatic heterocycles. The van der Waals surface area contributed by atoms with Crippen LogP contribution < -0.4 is 0 Å². The summed E-state index contributed by atoms with van der Waals surface area (Å²) in [6.45, 7) is 0.911. The second-order valence-corrected chi connectivity index (χ2v) is 5.42. The molecule has 2 heterocycles. The number of aromatic nitrogens is 3. The van der Waals surface area contributed by atoms with Crippen LogP contribution in [0.15, 0.2) is 34.9 Å². The Bertz CT molecular complexity index is 958. The van der Waals surface area contributed by atoms with Crippen molar-refractivity contribution >= 4 is 5.97 Å². The molecule has 3 aromatic rings. The lowest BCUT2D eigenvalue weighted by atomic mass is 10.1. The minimum atomic E-state index is -4.82. The van der Waals surface area contributed by atoms with Gasteiger partial charge in [0.2, 0.25) is 5.89 Å². The Morgan fingerprint density at radius 1 is 1.27 bits per heavy atom. The second kappa shape index (κ2) is 6.28. The number of carboxylic acids is 1. The van der Waals surface area contributed by atoms with Crippen LogP contribution in [0.3, 0.4) is 0 Å². The van der Waals surface area contributed by atoms with Crippen molar-refractivity contribution in [3.8, 4) is 11.1 Å². The van der Waals surface area contributed by atoms with E-state index in [1.54, 1.807) is 0 Å². The summed E-state index contributed by atoms with van der Waals surface area (Å²) < 4.78 is 58.8. The summed E-state index contributed by atoms with van der Waals surface area (Å²) in [6, 6.07) is 5.19. The average molecular weight is 369 g/mol. The van der Waals surface area contributed by atoms with Gasteiger partial charge in [-0.05, 0) is 30.7 Å². The Morgan fingerprint density at radius 2 is 1.92 bits per heavy atom. The maximum Gasteiger partial charge on any atom is 0.431 e. The molecule has 0 fully saturated rings. The third-order valence-corrected chi connectivity index (χ3v) is 3.61. The maximum absolute atomic E-state index is 13.5. The van der Waals surface area contributed by atoms with Crippen molar-refractivity contribution in [3.63, 3.8) is 0 Å². The normalized spacial score (nSPS) is 11.7. The van der Waals surface area contributed by atoms with Crippen LogP contribution in [0.5, 0.6) is 0 Å². The molecule has 136 valence electrons. The molecule has 10 heteroatoms. The molecule has 3 rings (SSSR count). The fourth-order valence-electron chi connectivity index (χ4n) is 2.57. The van der Waals surface area contributed by atoms with Crippen LogP contribution in [-0.4, -0.2) is 25.8 Å². The van der Waals surface area contributed by atoms with Crippen LogP contribution in [0.2, 0.25) is 0 Å². The summed E-state index contributed by atoms with van der Waals surface area (Å²) in [4.78, 5) is 15.5. The topological polar surface area (TPSA) is 81.2 Å². The number of aromatic carboxylic acids is 1. The molecular weight excluding hydrogens is 358 g/mol. The van der Waals surface area contributed by atoms with E-state index in [0.29, 0.717) is 10.6 Å². The highest BCUT2D eigenvalue weighted by molar-refractivity contribution is 5.95. The number of carbonyl (C=O) groups is 1. The fourth-order valence-corrected chi connectivity index (χ4v) is 2.57. The van der Waals surface area contributed by atoms with E-state index in [-0.39, 0.29) is 22.8 Å². The minimum absolute atomic E-state index is 0.134. The first-order valence-corrected chi connectivity index (χ1v) is 7.26. The number of alkyl halides is 3. The van der Waals surface area contributed by atoms with Gasteiger partial charge in [0.25, 0.3) is 0 Å². The van der Waals surface area contributed by atoms with Crippen LogP contribution in [-0.2, 0) is 12.7 Å². The molecule has 0 aliphatic rings. The fraction of sp³-hybridized carbons (Fsp3) is 0.188. The lowest BCUT2D eigenvalue weighted by Crippen LogP contribution is -2.18. The monoisotopic (exact) mass is 369 g/mol. The van der Waals surface area contributed by atoms with Gasteiger partial charge in [0.15, 0.2) is 5.82 Å². The third kappa shape index (κ3) is 3.30. The maximum atomic E-state index is 13.5. The van der Waals surface area contributed by atoms with Crippen molar-refractivity contribution in [2.24, 2.45) is 0 Å². The highest BCUT2D eigenvalue weighted by Crippen LogP contribution is 2.37. The minimum Gasteiger partial charge on any atom is -0.477 e. The first-order chi connectivity index (χ1) is 12.2. The van der Waals surface area contributed by atoms with Crippen LogP contribution in [0.25, 0.3) is 11.1 Å². The van der Waals surface area contributed by atoms with Gasteiger partial charge in [-0.3, -0.25) is 0 Å². The molecule has 0 spiro atoms. The number of halogens is 4. The predicted octanol–water partition coefficient (Wildman–Crippen LogP) is 3.75. The largest absolute Gasteiger partial charge is 0.477 e. The summed E-state index contributed by atoms with van der Waals surface area (Å²) in [5.74, 6) is -2.13. The average Bonchev–Trinajstić information content (AvgIpc) is 3.12. The molecule has 1 N–H and O–H groups in total. The molecule has 0 amide bonds. The molecular formula is C16H11F4N3O3. The van der Waals surface area contributed by atoms with Gasteiger partial charge < -0.3 is 14.2 Å². The number of carboxylic acid groups (broad SMARTS) is 1. The van der Waals surface area contributed by atoms with Crippen molar-refractivity contribution < 1.29 is 32.0 Å². The van der Waals surface area contributed by atoms with E-state index in [0.717, 1.165) is 12.1 Å². The molecule has 6 nitrogen and oxygen atoms in total. The molecule has 26 heavy (non-hydrogen) atoms. The van der Waals surface area contributed by atoms with E-state index < -0.39 is 35.9 Å². The first kappa shape index (κ1) is 17.6. The van der Waals surface area contributed by atoms with Crippen LogP contribution in [0.4, 0.5) is 17.6 Å². The number of hydrogen-bond acceptors (Lipinski definition) is 4. The molecule has 0 aliphatic carbocycles. The van der Waals surface area contributed by atoms with E-state index in [4.69, 9.17) is 4.52 Å². The zero-order valence-electron chi connectivity index (χ0n) is 13.2. The summed E-state index contributed by atoms with van der Waals surface area (Å²) in [7, 11) is 0. The van der Waals surface area contributed by atoms with Crippen molar-refractivity contribution in [1.29, 1.82) is 0 Å². The Hall–Kier alpha value is -3.17. The number of benzene rings is 1. The lowest BCUT2D eigenvalue weighted by molar-refractivity contribution is -0.143. The summed E-state index contributed by atoms with van der Waals surface area (Å²) >= 11 is 0. The molecule has 1 aromatic carbocycles. The number of aryl methyl sites for hydroxylation is 1. The van der Waals surface area contributed by atoms with Gasteiger partial charge in [-0.25, -0.2) is 9.18 Å². The number of hydrogen-bond donors (Lipinski definition) is 1. The van der Waals surface area contributed by atoms with E-state index >= 15 is 0 Å². The van der Waals surface area contributed by atoms with E-state index in [1.807, 2.05) is 0 Å². The van der Waals surface area contributed by atoms with Crippen molar-refractivity contribution in [1.82, 2.24) is 14.7 Å². The summed E-state index contributed by atoms with van der Waals surface area (Å²) in [5, 5.41) is 13.0. The molecule has 0 unspecified atom stereocenters. The Labute approximate surface area is 143 Å². The molecule has 0 saturated carbocycles. The zero-order valence-corrected chi connectivity index (χ0v) is 13.2. The van der Waals surface area contributed by atoms with Gasteiger partial charge in [0.1, 0.15) is 23.7 Å². The Morgan fingerprint density at radius 3 is 2.42 bits per heavy atom. The van der Waals surface area contributed by atoms with Gasteiger partial charge in [0.05, 0.1) is 0 Å². The molecule has 2 aromatic heterocycles. The first-order valence-electron chi connectivity index (χ1n) is 7.26. The second-order valence-electron chi connectivity index (χ2n) is 5.42. The van der Waals surface area contributed by atoms with E-state index in [9.17, 15) is 27.5 Å². The zero-order chi connectivity index (χ0) is 19.1. The molecule has 0 radical (unpaired) electrons. The highest BCUT2D eigenvalue weighted by atomic mass is 19.4. The lowest BCUT2D eigenvalue weighted by Gasteiger charge is -2.12. The summed E-state index contributed by atoms with van der Waals surface area (Å²) in [5.41, 5.74) is -1.86. The highest BCUT2D eigenvalue weighted by Gasteiger charge is 2.38. The van der Waals surface area contributed by atoms with Crippen LogP contribution in [0.1, 0.15) is 27.9 Å². The number of nitrogens with zero attached hydrogens (tertiary/aromatic N) is 3. The predicted molar refractivity (Wildman–Crippen MR) is 79.9 cm³/mol. The molecule has 0 bridgehead atoms. The Balaban J connectivity index is 2.22. The quantitative estimate of drug-likeness (QED) is 0.709. The van der Waals surface area contributed by atoms with Crippen molar-refractivity contribution in [3.05, 3.63) is 59.3 Å². The van der Waals surface area contributed by atoms with Gasteiger partial charge in [-0.2, -0.15) is 18.2 Å². The summed E-state index contributed by atoms with van der Waals surface area (Å²) in [6.07, 6.45) is -4.82. The van der Waals surface area contributed by atoms with Gasteiger partial charge in [-0.15, -0.1) is 0 Å². The third-order valence-electron chi connectivity index (χ3n) is 3.61. The van der Waals surface area contributed by atoms with Crippen molar-refractivity contribution in [2.45, 2.75) is 19.6 Å². The van der Waals surface area contributed by atoms with E-state index in [1.165, 1.54) is 19.1 Å². The molecule has 0 atom stereocenters. The van der Waals surface area contributed by atoms with Gasteiger partial charge >= 0.3 is 12.1 Å².